The molecule has 0 aliphatic carbocycles. The molecule has 0 fully saturated rings. The average molecular weight is 261 g/mol. The van der Waals surface area contributed by atoms with Crippen LogP contribution in [-0.4, -0.2) is 24.8 Å². The van der Waals surface area contributed by atoms with E-state index in [0.29, 0.717) is 0 Å². The number of hydrogen-bond donors (Lipinski definition) is 1. The number of aliphatic hydroxyl groups is 1. The lowest BCUT2D eigenvalue weighted by atomic mass is 9.82. The van der Waals surface area contributed by atoms with Gasteiger partial charge in [-0.1, -0.05) is 31.5 Å². The predicted molar refractivity (Wildman–Crippen MR) is 81.8 cm³/mol. The summed E-state index contributed by atoms with van der Waals surface area (Å²) < 4.78 is 0. The van der Waals surface area contributed by atoms with E-state index in [1.165, 1.54) is 29.7 Å². The summed E-state index contributed by atoms with van der Waals surface area (Å²) in [5.74, 6) is 0. The second-order valence-electron chi connectivity index (χ2n) is 6.02. The molecule has 0 aromatic heterocycles. The number of hydrogen-bond acceptors (Lipinski definition) is 2. The lowest BCUT2D eigenvalue weighted by Crippen LogP contribution is -2.42. The Morgan fingerprint density at radius 1 is 1.26 bits per heavy atom. The maximum absolute atomic E-state index is 9.77. The number of rotatable bonds is 5. The van der Waals surface area contributed by atoms with E-state index in [9.17, 15) is 5.11 Å². The maximum atomic E-state index is 9.77. The van der Waals surface area contributed by atoms with Crippen LogP contribution < -0.4 is 4.90 Å². The van der Waals surface area contributed by atoms with Gasteiger partial charge in [-0.05, 0) is 44.2 Å². The molecular formula is C17H27NO. The predicted octanol–water partition coefficient (Wildman–Crippen LogP) is 3.55. The molecule has 1 N–H and O–H groups in total. The molecule has 1 aromatic rings. The van der Waals surface area contributed by atoms with E-state index in [2.05, 4.69) is 43.9 Å². The third-order valence-electron chi connectivity index (χ3n) is 4.81. The number of anilines is 1. The van der Waals surface area contributed by atoms with Gasteiger partial charge in [0.2, 0.25) is 0 Å². The molecule has 0 unspecified atom stereocenters. The minimum atomic E-state index is 0.0551. The zero-order chi connectivity index (χ0) is 13.9. The summed E-state index contributed by atoms with van der Waals surface area (Å²) in [5, 5.41) is 9.77. The van der Waals surface area contributed by atoms with Crippen molar-refractivity contribution >= 4 is 5.69 Å². The number of nitrogens with zero attached hydrogens (tertiary/aromatic N) is 1. The molecule has 1 heterocycles. The molecular weight excluding hydrogens is 234 g/mol. The third kappa shape index (κ3) is 2.94. The molecule has 1 aliphatic heterocycles. The molecule has 0 saturated heterocycles. The fourth-order valence-corrected chi connectivity index (χ4v) is 3.12. The van der Waals surface area contributed by atoms with Crippen molar-refractivity contribution < 1.29 is 5.11 Å². The number of aliphatic hydroxyl groups excluding tert-OH is 1. The number of fused-ring (bicyclic) bond motifs is 1. The van der Waals surface area contributed by atoms with E-state index in [-0.39, 0.29) is 12.0 Å². The van der Waals surface area contributed by atoms with Gasteiger partial charge in [0.05, 0.1) is 6.61 Å². The van der Waals surface area contributed by atoms with E-state index < -0.39 is 0 Å². The molecule has 19 heavy (non-hydrogen) atoms. The van der Waals surface area contributed by atoms with Crippen molar-refractivity contribution in [2.24, 2.45) is 5.41 Å². The average Bonchev–Trinajstić information content (AvgIpc) is 2.44. The molecule has 0 amide bonds. The summed E-state index contributed by atoms with van der Waals surface area (Å²) in [7, 11) is 0. The van der Waals surface area contributed by atoms with Crippen molar-refractivity contribution in [3.63, 3.8) is 0 Å². The van der Waals surface area contributed by atoms with E-state index in [0.717, 1.165) is 25.9 Å². The van der Waals surface area contributed by atoms with Crippen molar-refractivity contribution in [2.75, 3.05) is 24.6 Å². The second kappa shape index (κ2) is 5.96. The Kier molecular flexibility index (Phi) is 4.51. The molecule has 2 nitrogen and oxygen atoms in total. The van der Waals surface area contributed by atoms with Crippen LogP contribution in [0.4, 0.5) is 5.69 Å². The van der Waals surface area contributed by atoms with Crippen LogP contribution in [0.2, 0.25) is 0 Å². The standard InChI is InChI=1S/C17H27NO/c1-4-17(5-2,13-19)12-18-10-6-7-15-11-14(3)8-9-16(15)18/h8-9,11,19H,4-7,10,12-13H2,1-3H3. The zero-order valence-corrected chi connectivity index (χ0v) is 12.6. The van der Waals surface area contributed by atoms with Gasteiger partial charge in [-0.25, -0.2) is 0 Å². The number of aryl methyl sites for hydroxylation is 2. The first-order valence-electron chi connectivity index (χ1n) is 7.59. The maximum Gasteiger partial charge on any atom is 0.0504 e. The highest BCUT2D eigenvalue weighted by molar-refractivity contribution is 5.56. The molecule has 0 bridgehead atoms. The summed E-state index contributed by atoms with van der Waals surface area (Å²) in [6.07, 6.45) is 4.50. The fraction of sp³-hybridized carbons (Fsp3) is 0.647. The van der Waals surface area contributed by atoms with Crippen LogP contribution in [0.25, 0.3) is 0 Å². The smallest absolute Gasteiger partial charge is 0.0504 e. The Hall–Kier alpha value is -1.02. The SMILES string of the molecule is CCC(CC)(CO)CN1CCCc2cc(C)ccc21. The fourth-order valence-electron chi connectivity index (χ4n) is 3.12. The normalized spacial score (nSPS) is 15.5. The highest BCUT2D eigenvalue weighted by Crippen LogP contribution is 2.33. The second-order valence-corrected chi connectivity index (χ2v) is 6.02. The van der Waals surface area contributed by atoms with Gasteiger partial charge in [0.1, 0.15) is 0 Å². The van der Waals surface area contributed by atoms with Gasteiger partial charge in [0.15, 0.2) is 0 Å². The van der Waals surface area contributed by atoms with Crippen LogP contribution in [0.3, 0.4) is 0 Å². The summed E-state index contributed by atoms with van der Waals surface area (Å²) in [4.78, 5) is 2.49. The zero-order valence-electron chi connectivity index (χ0n) is 12.6. The Morgan fingerprint density at radius 3 is 2.63 bits per heavy atom. The Morgan fingerprint density at radius 2 is 2.00 bits per heavy atom. The molecule has 0 saturated carbocycles. The Labute approximate surface area is 117 Å². The third-order valence-corrected chi connectivity index (χ3v) is 4.81. The van der Waals surface area contributed by atoms with Gasteiger partial charge in [-0.2, -0.15) is 0 Å². The quantitative estimate of drug-likeness (QED) is 0.876. The van der Waals surface area contributed by atoms with Crippen molar-refractivity contribution in [1.29, 1.82) is 0 Å². The molecule has 0 atom stereocenters. The first-order chi connectivity index (χ1) is 9.14. The van der Waals surface area contributed by atoms with Gasteiger partial charge in [-0.3, -0.25) is 0 Å². The molecule has 0 radical (unpaired) electrons. The van der Waals surface area contributed by atoms with Crippen molar-refractivity contribution in [2.45, 2.75) is 46.5 Å². The van der Waals surface area contributed by atoms with E-state index in [1.54, 1.807) is 0 Å². The van der Waals surface area contributed by atoms with Gasteiger partial charge < -0.3 is 10.0 Å². The van der Waals surface area contributed by atoms with Gasteiger partial charge in [0, 0.05) is 24.2 Å². The van der Waals surface area contributed by atoms with E-state index in [1.807, 2.05) is 0 Å². The molecule has 2 rings (SSSR count). The summed E-state index contributed by atoms with van der Waals surface area (Å²) in [6.45, 7) is 8.94. The molecule has 2 heteroatoms. The first kappa shape index (κ1) is 14.4. The molecule has 1 aromatic carbocycles. The minimum absolute atomic E-state index is 0.0551. The van der Waals surface area contributed by atoms with Gasteiger partial charge >= 0.3 is 0 Å². The number of benzene rings is 1. The van der Waals surface area contributed by atoms with Crippen molar-refractivity contribution in [1.82, 2.24) is 0 Å². The summed E-state index contributed by atoms with van der Waals surface area (Å²) in [6, 6.07) is 6.78. The summed E-state index contributed by atoms with van der Waals surface area (Å²) in [5.41, 5.74) is 4.27. The lowest BCUT2D eigenvalue weighted by molar-refractivity contribution is 0.120. The van der Waals surface area contributed by atoms with Crippen molar-refractivity contribution in [3.8, 4) is 0 Å². The summed E-state index contributed by atoms with van der Waals surface area (Å²) >= 11 is 0. The minimum Gasteiger partial charge on any atom is -0.396 e. The molecule has 1 aliphatic rings. The van der Waals surface area contributed by atoms with E-state index >= 15 is 0 Å². The van der Waals surface area contributed by atoms with Gasteiger partial charge in [-0.15, -0.1) is 0 Å². The molecule has 0 spiro atoms. The Balaban J connectivity index is 2.24. The lowest BCUT2D eigenvalue weighted by Gasteiger charge is -2.40. The largest absolute Gasteiger partial charge is 0.396 e. The monoisotopic (exact) mass is 261 g/mol. The topological polar surface area (TPSA) is 23.5 Å². The van der Waals surface area contributed by atoms with Crippen LogP contribution in [0.5, 0.6) is 0 Å². The highest BCUT2D eigenvalue weighted by Gasteiger charge is 2.30. The van der Waals surface area contributed by atoms with Crippen molar-refractivity contribution in [3.05, 3.63) is 29.3 Å². The van der Waals surface area contributed by atoms with Crippen LogP contribution >= 0.6 is 0 Å². The highest BCUT2D eigenvalue weighted by atomic mass is 16.3. The molecule has 106 valence electrons. The van der Waals surface area contributed by atoms with Gasteiger partial charge in [0.25, 0.3) is 0 Å². The Bertz CT molecular complexity index is 415. The van der Waals surface area contributed by atoms with Crippen LogP contribution in [0.15, 0.2) is 18.2 Å². The van der Waals surface area contributed by atoms with Crippen LogP contribution in [0.1, 0.15) is 44.2 Å². The van der Waals surface area contributed by atoms with Crippen LogP contribution in [0, 0.1) is 12.3 Å². The van der Waals surface area contributed by atoms with E-state index in [4.69, 9.17) is 0 Å². The first-order valence-corrected chi connectivity index (χ1v) is 7.59. The van der Waals surface area contributed by atoms with Crippen LogP contribution in [-0.2, 0) is 6.42 Å².